The van der Waals surface area contributed by atoms with Gasteiger partial charge in [-0.2, -0.15) is 0 Å². The fourth-order valence-corrected chi connectivity index (χ4v) is 3.40. The first kappa shape index (κ1) is 15.0. The molecule has 1 heterocycles. The van der Waals surface area contributed by atoms with E-state index in [1.54, 1.807) is 0 Å². The summed E-state index contributed by atoms with van der Waals surface area (Å²) in [5, 5.41) is 3.62. The number of rotatable bonds is 7. The Labute approximate surface area is 129 Å². The quantitative estimate of drug-likeness (QED) is 0.777. The van der Waals surface area contributed by atoms with E-state index in [2.05, 4.69) is 52.4 Å². The van der Waals surface area contributed by atoms with E-state index in [-0.39, 0.29) is 0 Å². The van der Waals surface area contributed by atoms with Crippen LogP contribution in [0.15, 0.2) is 30.3 Å². The summed E-state index contributed by atoms with van der Waals surface area (Å²) in [5.41, 5.74) is 1.46. The first-order valence-corrected chi connectivity index (χ1v) is 8.62. The second kappa shape index (κ2) is 7.39. The molecule has 1 atom stereocenters. The highest BCUT2D eigenvalue weighted by molar-refractivity contribution is 5.19. The topological polar surface area (TPSA) is 18.5 Å². The summed E-state index contributed by atoms with van der Waals surface area (Å²) < 4.78 is 0. The third kappa shape index (κ3) is 4.06. The Morgan fingerprint density at radius 3 is 2.43 bits per heavy atom. The first-order chi connectivity index (χ1) is 10.4. The average Bonchev–Trinajstić information content (AvgIpc) is 3.38. The molecule has 3 rings (SSSR count). The second-order valence-corrected chi connectivity index (χ2v) is 6.43. The molecule has 1 aliphatic heterocycles. The number of benzene rings is 1. The van der Waals surface area contributed by atoms with E-state index in [9.17, 15) is 0 Å². The molecule has 116 valence electrons. The monoisotopic (exact) mass is 287 g/mol. The van der Waals surface area contributed by atoms with Gasteiger partial charge in [0, 0.05) is 44.8 Å². The minimum Gasteiger partial charge on any atom is -0.315 e. The number of hydrogen-bond donors (Lipinski definition) is 1. The molecular formula is C18H29N3. The van der Waals surface area contributed by atoms with Gasteiger partial charge in [0.25, 0.3) is 0 Å². The minimum absolute atomic E-state index is 0.527. The van der Waals surface area contributed by atoms with Crippen LogP contribution in [-0.4, -0.2) is 55.1 Å². The molecule has 2 aliphatic rings. The van der Waals surface area contributed by atoms with E-state index in [4.69, 9.17) is 0 Å². The third-order valence-electron chi connectivity index (χ3n) is 4.80. The predicted octanol–water partition coefficient (Wildman–Crippen LogP) is 2.51. The van der Waals surface area contributed by atoms with Gasteiger partial charge in [-0.1, -0.05) is 37.3 Å². The Morgan fingerprint density at radius 2 is 1.81 bits per heavy atom. The van der Waals surface area contributed by atoms with Gasteiger partial charge in [-0.05, 0) is 31.4 Å². The van der Waals surface area contributed by atoms with Crippen LogP contribution in [0.2, 0.25) is 0 Å². The standard InChI is InChI=1S/C18H29N3/c1-2-10-19-15-18(16-6-4-3-5-7-16)21-13-11-20(12-14-21)17-8-9-17/h3-7,17-19H,2,8-15H2,1H3. The van der Waals surface area contributed by atoms with Crippen molar-refractivity contribution >= 4 is 0 Å². The molecule has 0 radical (unpaired) electrons. The summed E-state index contributed by atoms with van der Waals surface area (Å²) in [4.78, 5) is 5.37. The molecule has 3 heteroatoms. The normalized spacial score (nSPS) is 22.3. The van der Waals surface area contributed by atoms with Crippen LogP contribution in [0, 0.1) is 0 Å². The zero-order chi connectivity index (χ0) is 14.5. The summed E-state index contributed by atoms with van der Waals surface area (Å²) >= 11 is 0. The highest BCUT2D eigenvalue weighted by Crippen LogP contribution is 2.29. The number of hydrogen-bond acceptors (Lipinski definition) is 3. The molecule has 1 saturated heterocycles. The summed E-state index contributed by atoms with van der Waals surface area (Å²) in [5.74, 6) is 0. The van der Waals surface area contributed by atoms with Gasteiger partial charge in [-0.15, -0.1) is 0 Å². The Balaban J connectivity index is 1.61. The molecule has 3 nitrogen and oxygen atoms in total. The molecule has 0 spiro atoms. The highest BCUT2D eigenvalue weighted by Gasteiger charge is 2.33. The van der Waals surface area contributed by atoms with Crippen LogP contribution in [-0.2, 0) is 0 Å². The maximum absolute atomic E-state index is 3.62. The maximum Gasteiger partial charge on any atom is 0.0473 e. The third-order valence-corrected chi connectivity index (χ3v) is 4.80. The molecule has 0 aromatic heterocycles. The largest absolute Gasteiger partial charge is 0.315 e. The molecule has 1 saturated carbocycles. The van der Waals surface area contributed by atoms with Crippen molar-refractivity contribution < 1.29 is 0 Å². The van der Waals surface area contributed by atoms with Crippen molar-refractivity contribution in [3.63, 3.8) is 0 Å². The van der Waals surface area contributed by atoms with Gasteiger partial charge in [0.2, 0.25) is 0 Å². The van der Waals surface area contributed by atoms with E-state index in [0.717, 1.165) is 19.1 Å². The smallest absolute Gasteiger partial charge is 0.0473 e. The lowest BCUT2D eigenvalue weighted by atomic mass is 10.0. The molecule has 1 unspecified atom stereocenters. The minimum atomic E-state index is 0.527. The zero-order valence-electron chi connectivity index (χ0n) is 13.3. The molecule has 2 fully saturated rings. The average molecular weight is 287 g/mol. The van der Waals surface area contributed by atoms with Crippen LogP contribution < -0.4 is 5.32 Å². The lowest BCUT2D eigenvalue weighted by molar-refractivity contribution is 0.0905. The van der Waals surface area contributed by atoms with E-state index < -0.39 is 0 Å². The van der Waals surface area contributed by atoms with Crippen molar-refractivity contribution in [2.75, 3.05) is 39.3 Å². The van der Waals surface area contributed by atoms with Crippen LogP contribution in [0.3, 0.4) is 0 Å². The van der Waals surface area contributed by atoms with Gasteiger partial charge in [0.05, 0.1) is 0 Å². The van der Waals surface area contributed by atoms with Crippen LogP contribution in [0.4, 0.5) is 0 Å². The Kier molecular flexibility index (Phi) is 5.28. The molecule has 0 amide bonds. The molecule has 1 aromatic carbocycles. The van der Waals surface area contributed by atoms with Gasteiger partial charge in [-0.3, -0.25) is 9.80 Å². The van der Waals surface area contributed by atoms with Crippen molar-refractivity contribution in [2.45, 2.75) is 38.3 Å². The van der Waals surface area contributed by atoms with Gasteiger partial charge in [0.15, 0.2) is 0 Å². The second-order valence-electron chi connectivity index (χ2n) is 6.43. The van der Waals surface area contributed by atoms with Crippen LogP contribution in [0.25, 0.3) is 0 Å². The van der Waals surface area contributed by atoms with Crippen molar-refractivity contribution in [1.29, 1.82) is 0 Å². The lowest BCUT2D eigenvalue weighted by Gasteiger charge is -2.39. The van der Waals surface area contributed by atoms with E-state index in [0.29, 0.717) is 6.04 Å². The lowest BCUT2D eigenvalue weighted by Crippen LogP contribution is -2.50. The van der Waals surface area contributed by atoms with Crippen LogP contribution >= 0.6 is 0 Å². The summed E-state index contributed by atoms with van der Waals surface area (Å²) in [6, 6.07) is 12.5. The molecule has 0 bridgehead atoms. The Hall–Kier alpha value is -0.900. The SMILES string of the molecule is CCCNCC(c1ccccc1)N1CCN(C2CC2)CC1. The number of nitrogens with zero attached hydrogens (tertiary/aromatic N) is 2. The van der Waals surface area contributed by atoms with Crippen molar-refractivity contribution in [3.05, 3.63) is 35.9 Å². The van der Waals surface area contributed by atoms with Crippen molar-refractivity contribution in [3.8, 4) is 0 Å². The highest BCUT2D eigenvalue weighted by atomic mass is 15.3. The molecule has 21 heavy (non-hydrogen) atoms. The van der Waals surface area contributed by atoms with Gasteiger partial charge < -0.3 is 5.32 Å². The summed E-state index contributed by atoms with van der Waals surface area (Å²) in [7, 11) is 0. The van der Waals surface area contributed by atoms with Crippen molar-refractivity contribution in [1.82, 2.24) is 15.1 Å². The summed E-state index contributed by atoms with van der Waals surface area (Å²) in [6.45, 7) is 9.35. The fourth-order valence-electron chi connectivity index (χ4n) is 3.40. The van der Waals surface area contributed by atoms with E-state index >= 15 is 0 Å². The Bertz CT molecular complexity index is 408. The van der Waals surface area contributed by atoms with E-state index in [1.807, 2.05) is 0 Å². The van der Waals surface area contributed by atoms with Gasteiger partial charge in [0.1, 0.15) is 0 Å². The summed E-state index contributed by atoms with van der Waals surface area (Å²) in [6.07, 6.45) is 4.07. The molecule has 1 N–H and O–H groups in total. The molecule has 1 aromatic rings. The van der Waals surface area contributed by atoms with Gasteiger partial charge >= 0.3 is 0 Å². The number of nitrogens with one attached hydrogen (secondary N) is 1. The van der Waals surface area contributed by atoms with Crippen LogP contribution in [0.1, 0.15) is 37.8 Å². The first-order valence-electron chi connectivity index (χ1n) is 8.62. The van der Waals surface area contributed by atoms with E-state index in [1.165, 1.54) is 51.0 Å². The Morgan fingerprint density at radius 1 is 1.10 bits per heavy atom. The van der Waals surface area contributed by atoms with Gasteiger partial charge in [-0.25, -0.2) is 0 Å². The zero-order valence-corrected chi connectivity index (χ0v) is 13.3. The van der Waals surface area contributed by atoms with Crippen LogP contribution in [0.5, 0.6) is 0 Å². The predicted molar refractivity (Wildman–Crippen MR) is 88.5 cm³/mol. The fraction of sp³-hybridized carbons (Fsp3) is 0.667. The maximum atomic E-state index is 3.62. The molecule has 1 aliphatic carbocycles. The molecular weight excluding hydrogens is 258 g/mol. The van der Waals surface area contributed by atoms with Crippen molar-refractivity contribution in [2.24, 2.45) is 0 Å². The number of piperazine rings is 1.